The number of halogens is 6. The summed E-state index contributed by atoms with van der Waals surface area (Å²) >= 11 is 16.9. The minimum Gasteiger partial charge on any atom is -0.480 e. The second-order valence-corrected chi connectivity index (χ2v) is 7.00. The van der Waals surface area contributed by atoms with Gasteiger partial charge in [0.25, 0.3) is 10.5 Å². The van der Waals surface area contributed by atoms with E-state index in [9.17, 15) is 22.8 Å². The van der Waals surface area contributed by atoms with Crippen molar-refractivity contribution in [3.63, 3.8) is 0 Å². The minimum absolute atomic E-state index is 0.0170. The van der Waals surface area contributed by atoms with Crippen molar-refractivity contribution in [1.82, 2.24) is 0 Å². The highest BCUT2D eigenvalue weighted by atomic mass is 35.5. The molecule has 0 saturated heterocycles. The van der Waals surface area contributed by atoms with E-state index in [-0.39, 0.29) is 27.8 Å². The van der Waals surface area contributed by atoms with E-state index in [1.165, 1.54) is 18.2 Å². The zero-order chi connectivity index (χ0) is 21.8. The third-order valence-electron chi connectivity index (χ3n) is 3.72. The Balaban J connectivity index is 2.31. The highest BCUT2D eigenvalue weighted by Gasteiger charge is 2.31. The Kier molecular flexibility index (Phi) is 7.80. The number of hydrogen-bond donors (Lipinski definition) is 0. The van der Waals surface area contributed by atoms with Crippen LogP contribution in [-0.2, 0) is 11.0 Å². The first-order chi connectivity index (χ1) is 13.5. The van der Waals surface area contributed by atoms with Crippen LogP contribution in [0.2, 0.25) is 5.02 Å². The fourth-order valence-electron chi connectivity index (χ4n) is 2.35. The molecule has 1 unspecified atom stereocenters. The predicted octanol–water partition coefficient (Wildman–Crippen LogP) is 6.84. The molecule has 0 spiro atoms. The van der Waals surface area contributed by atoms with Crippen LogP contribution in [0, 0.1) is 0 Å². The Labute approximate surface area is 179 Å². The monoisotopic (exact) mass is 468 g/mol. The third-order valence-corrected chi connectivity index (χ3v) is 4.47. The van der Waals surface area contributed by atoms with Crippen LogP contribution in [0.5, 0.6) is 17.2 Å². The van der Waals surface area contributed by atoms with Gasteiger partial charge in [-0.2, -0.15) is 13.2 Å². The Hall–Kier alpha value is -1.96. The fraction of sp³-hybridized carbons (Fsp3) is 0.263. The van der Waals surface area contributed by atoms with Gasteiger partial charge in [0.15, 0.2) is 6.10 Å². The lowest BCUT2D eigenvalue weighted by Crippen LogP contribution is -2.24. The first-order valence-corrected chi connectivity index (χ1v) is 9.40. The van der Waals surface area contributed by atoms with Gasteiger partial charge in [0.05, 0.1) is 16.1 Å². The lowest BCUT2D eigenvalue weighted by atomic mass is 10.1. The van der Waals surface area contributed by atoms with Gasteiger partial charge in [-0.25, -0.2) is 0 Å². The molecule has 0 aliphatic heterocycles. The van der Waals surface area contributed by atoms with E-state index in [2.05, 4.69) is 0 Å². The molecule has 0 amide bonds. The van der Waals surface area contributed by atoms with Crippen molar-refractivity contribution < 1.29 is 32.2 Å². The molecule has 10 heteroatoms. The molecule has 4 nitrogen and oxygen atoms in total. The number of rotatable bonds is 8. The smallest absolute Gasteiger partial charge is 0.416 e. The number of carbonyl (C=O) groups is 2. The standard InChI is InChI=1S/C19H14Cl3F3O4/c1-2-3-16(18(22)27)29-14-7-5-11(9-12(14)17(21)26)28-15-6-4-10(8-13(15)20)19(23,24)25/h4-9,16H,2-3H2,1H3. The summed E-state index contributed by atoms with van der Waals surface area (Å²) in [6.45, 7) is 1.83. The van der Waals surface area contributed by atoms with Gasteiger partial charge in [0.1, 0.15) is 17.2 Å². The molecule has 2 rings (SSSR count). The second-order valence-electron chi connectivity index (χ2n) is 5.88. The molecule has 0 aliphatic rings. The molecule has 0 N–H and O–H groups in total. The molecule has 156 valence electrons. The maximum absolute atomic E-state index is 12.7. The summed E-state index contributed by atoms with van der Waals surface area (Å²) in [7, 11) is 0. The molecule has 0 bridgehead atoms. The van der Waals surface area contributed by atoms with Crippen LogP contribution in [0.4, 0.5) is 13.2 Å². The van der Waals surface area contributed by atoms with Gasteiger partial charge in [-0.1, -0.05) is 24.9 Å². The Morgan fingerprint density at radius 2 is 1.72 bits per heavy atom. The van der Waals surface area contributed by atoms with E-state index in [0.717, 1.165) is 18.2 Å². The summed E-state index contributed by atoms with van der Waals surface area (Å²) in [4.78, 5) is 23.2. The van der Waals surface area contributed by atoms with Crippen LogP contribution in [0.1, 0.15) is 35.7 Å². The molecule has 0 aliphatic carbocycles. The highest BCUT2D eigenvalue weighted by Crippen LogP contribution is 2.37. The third kappa shape index (κ3) is 6.26. The fourth-order valence-corrected chi connectivity index (χ4v) is 2.87. The molecule has 0 heterocycles. The lowest BCUT2D eigenvalue weighted by Gasteiger charge is -2.17. The second kappa shape index (κ2) is 9.69. The van der Waals surface area contributed by atoms with Gasteiger partial charge >= 0.3 is 6.18 Å². The van der Waals surface area contributed by atoms with E-state index >= 15 is 0 Å². The normalized spacial score (nSPS) is 12.4. The summed E-state index contributed by atoms with van der Waals surface area (Å²) in [6, 6.07) is 6.54. The molecule has 0 radical (unpaired) electrons. The maximum atomic E-state index is 12.7. The van der Waals surface area contributed by atoms with Crippen LogP contribution in [-0.4, -0.2) is 16.6 Å². The molecule has 1 atom stereocenters. The lowest BCUT2D eigenvalue weighted by molar-refractivity contribution is -0.137. The van der Waals surface area contributed by atoms with Gasteiger partial charge < -0.3 is 9.47 Å². The highest BCUT2D eigenvalue weighted by molar-refractivity contribution is 6.68. The average molecular weight is 470 g/mol. The SMILES string of the molecule is CCCC(Oc1ccc(Oc2ccc(C(F)(F)F)cc2Cl)cc1C(=O)Cl)C(=O)Cl. The van der Waals surface area contributed by atoms with Crippen LogP contribution in [0.3, 0.4) is 0 Å². The quantitative estimate of drug-likeness (QED) is 0.397. The van der Waals surface area contributed by atoms with Crippen molar-refractivity contribution in [2.45, 2.75) is 32.0 Å². The van der Waals surface area contributed by atoms with E-state index in [4.69, 9.17) is 44.3 Å². The van der Waals surface area contributed by atoms with Gasteiger partial charge in [-0.15, -0.1) is 0 Å². The summed E-state index contributed by atoms with van der Waals surface area (Å²) in [6.07, 6.45) is -4.57. The molecule has 29 heavy (non-hydrogen) atoms. The van der Waals surface area contributed by atoms with E-state index in [1.54, 1.807) is 0 Å². The van der Waals surface area contributed by atoms with Crippen molar-refractivity contribution in [3.8, 4) is 17.2 Å². The number of benzene rings is 2. The average Bonchev–Trinajstić information content (AvgIpc) is 2.62. The molecule has 2 aromatic carbocycles. The van der Waals surface area contributed by atoms with Crippen LogP contribution in [0.15, 0.2) is 36.4 Å². The molecule has 0 aromatic heterocycles. The first-order valence-electron chi connectivity index (χ1n) is 8.27. The molecular formula is C19H14Cl3F3O4. The molecular weight excluding hydrogens is 456 g/mol. The van der Waals surface area contributed by atoms with Crippen LogP contribution in [0.25, 0.3) is 0 Å². The number of ether oxygens (including phenoxy) is 2. The largest absolute Gasteiger partial charge is 0.480 e. The maximum Gasteiger partial charge on any atom is 0.416 e. The number of carbonyl (C=O) groups excluding carboxylic acids is 2. The minimum atomic E-state index is -4.55. The van der Waals surface area contributed by atoms with Crippen molar-refractivity contribution in [2.24, 2.45) is 0 Å². The Morgan fingerprint density at radius 1 is 1.07 bits per heavy atom. The number of hydrogen-bond acceptors (Lipinski definition) is 4. The van der Waals surface area contributed by atoms with E-state index < -0.39 is 28.3 Å². The summed E-state index contributed by atoms with van der Waals surface area (Å²) < 4.78 is 49.2. The van der Waals surface area contributed by atoms with Crippen molar-refractivity contribution in [1.29, 1.82) is 0 Å². The van der Waals surface area contributed by atoms with Crippen molar-refractivity contribution >= 4 is 45.3 Å². The van der Waals surface area contributed by atoms with E-state index in [0.29, 0.717) is 12.8 Å². The van der Waals surface area contributed by atoms with Crippen molar-refractivity contribution in [3.05, 3.63) is 52.5 Å². The van der Waals surface area contributed by atoms with Crippen LogP contribution >= 0.6 is 34.8 Å². The summed E-state index contributed by atoms with van der Waals surface area (Å²) in [5, 5.41) is -1.88. The van der Waals surface area contributed by atoms with E-state index in [1.807, 2.05) is 6.92 Å². The predicted molar refractivity (Wildman–Crippen MR) is 103 cm³/mol. The van der Waals surface area contributed by atoms with Gasteiger partial charge in [-0.3, -0.25) is 9.59 Å². The van der Waals surface area contributed by atoms with Gasteiger partial charge in [0, 0.05) is 0 Å². The van der Waals surface area contributed by atoms with Crippen LogP contribution < -0.4 is 9.47 Å². The Bertz CT molecular complexity index is 916. The molecule has 0 fully saturated rings. The topological polar surface area (TPSA) is 52.6 Å². The number of alkyl halides is 3. The van der Waals surface area contributed by atoms with Crippen molar-refractivity contribution in [2.75, 3.05) is 0 Å². The molecule has 2 aromatic rings. The van der Waals surface area contributed by atoms with Gasteiger partial charge in [0.2, 0.25) is 0 Å². The molecule has 0 saturated carbocycles. The zero-order valence-corrected chi connectivity index (χ0v) is 17.1. The van der Waals surface area contributed by atoms with Gasteiger partial charge in [-0.05, 0) is 66.0 Å². The first kappa shape index (κ1) is 23.3. The zero-order valence-electron chi connectivity index (χ0n) is 14.9. The summed E-state index contributed by atoms with van der Waals surface area (Å²) in [5.74, 6) is 0.0386. The summed E-state index contributed by atoms with van der Waals surface area (Å²) in [5.41, 5.74) is -1.03. The Morgan fingerprint density at radius 3 is 2.24 bits per heavy atom.